The molecule has 5 nitrogen and oxygen atoms in total. The van der Waals surface area contributed by atoms with Crippen LogP contribution in [0.2, 0.25) is 0 Å². The number of furan rings is 1. The molecule has 0 amide bonds. The molecule has 0 saturated heterocycles. The van der Waals surface area contributed by atoms with Crippen LogP contribution in [0.25, 0.3) is 17.1 Å². The summed E-state index contributed by atoms with van der Waals surface area (Å²) in [4.78, 5) is 4.63. The van der Waals surface area contributed by atoms with Crippen LogP contribution in [0.15, 0.2) is 71.5 Å². The van der Waals surface area contributed by atoms with Gasteiger partial charge in [0.15, 0.2) is 5.76 Å². The van der Waals surface area contributed by atoms with Crippen molar-refractivity contribution in [3.8, 4) is 17.2 Å². The Bertz CT molecular complexity index is 928. The quantitative estimate of drug-likeness (QED) is 0.623. The first-order chi connectivity index (χ1) is 11.3. The highest BCUT2D eigenvalue weighted by molar-refractivity contribution is 5.72. The summed E-state index contributed by atoms with van der Waals surface area (Å²) in [6.45, 7) is 0.419. The molecule has 4 rings (SSSR count). The smallest absolute Gasteiger partial charge is 0.156 e. The van der Waals surface area contributed by atoms with E-state index >= 15 is 0 Å². The van der Waals surface area contributed by atoms with E-state index in [1.807, 2.05) is 65.2 Å². The maximum absolute atomic E-state index is 6.21. The maximum Gasteiger partial charge on any atom is 0.156 e. The molecule has 4 aromatic rings. The summed E-state index contributed by atoms with van der Waals surface area (Å²) in [5, 5.41) is 0. The zero-order chi connectivity index (χ0) is 15.6. The lowest BCUT2D eigenvalue weighted by Crippen LogP contribution is -2.00. The minimum atomic E-state index is 0.419. The van der Waals surface area contributed by atoms with Gasteiger partial charge in [0.2, 0.25) is 0 Å². The summed E-state index contributed by atoms with van der Waals surface area (Å²) >= 11 is 0. The van der Waals surface area contributed by atoms with Crippen LogP contribution in [0.4, 0.5) is 5.82 Å². The Morgan fingerprint density at radius 2 is 1.91 bits per heavy atom. The molecule has 0 spiro atoms. The van der Waals surface area contributed by atoms with Gasteiger partial charge in [-0.15, -0.1) is 0 Å². The van der Waals surface area contributed by atoms with Gasteiger partial charge in [0.25, 0.3) is 0 Å². The van der Waals surface area contributed by atoms with E-state index in [1.54, 1.807) is 6.26 Å². The lowest BCUT2D eigenvalue weighted by Gasteiger charge is -2.07. The van der Waals surface area contributed by atoms with E-state index in [0.717, 1.165) is 17.0 Å². The molecule has 0 bridgehead atoms. The molecule has 3 heterocycles. The van der Waals surface area contributed by atoms with Gasteiger partial charge >= 0.3 is 0 Å². The van der Waals surface area contributed by atoms with Crippen molar-refractivity contribution in [2.24, 2.45) is 0 Å². The zero-order valence-electron chi connectivity index (χ0n) is 12.3. The van der Waals surface area contributed by atoms with Crippen LogP contribution in [-0.2, 0) is 6.61 Å². The number of benzene rings is 1. The predicted octanol–water partition coefficient (Wildman–Crippen LogP) is 3.76. The normalized spacial score (nSPS) is 11.0. The molecular formula is C18H15N3O2. The Hall–Kier alpha value is -3.21. The molecule has 0 radical (unpaired) electrons. The number of nitrogens with two attached hydrogens (primary N) is 1. The second-order valence-electron chi connectivity index (χ2n) is 5.15. The minimum Gasteiger partial charge on any atom is -0.489 e. The molecule has 0 aliphatic heterocycles. The first kappa shape index (κ1) is 13.5. The average Bonchev–Trinajstić information content (AvgIpc) is 3.22. The number of hydrogen-bond donors (Lipinski definition) is 1. The van der Waals surface area contributed by atoms with Crippen LogP contribution < -0.4 is 10.5 Å². The van der Waals surface area contributed by atoms with E-state index in [4.69, 9.17) is 14.9 Å². The number of para-hydroxylation sites is 1. The van der Waals surface area contributed by atoms with Crippen LogP contribution in [0.5, 0.6) is 5.75 Å². The number of hydrogen-bond acceptors (Lipinski definition) is 4. The fourth-order valence-electron chi connectivity index (χ4n) is 2.53. The third kappa shape index (κ3) is 2.42. The van der Waals surface area contributed by atoms with E-state index < -0.39 is 0 Å². The first-order valence-corrected chi connectivity index (χ1v) is 7.30. The van der Waals surface area contributed by atoms with E-state index in [1.165, 1.54) is 0 Å². The summed E-state index contributed by atoms with van der Waals surface area (Å²) in [6, 6.07) is 17.3. The fourth-order valence-corrected chi connectivity index (χ4v) is 2.53. The summed E-state index contributed by atoms with van der Waals surface area (Å²) in [7, 11) is 0. The lowest BCUT2D eigenvalue weighted by atomic mass is 10.3. The standard InChI is InChI=1S/C18H15N3O2/c19-17-16(15-9-5-11-22-15)20-18-13(6-4-10-21(17)18)12-23-14-7-2-1-3-8-14/h1-11H,12,19H2. The van der Waals surface area contributed by atoms with Crippen molar-refractivity contribution >= 4 is 11.5 Å². The van der Waals surface area contributed by atoms with Gasteiger partial charge in [-0.05, 0) is 30.3 Å². The number of ether oxygens (including phenoxy) is 1. The first-order valence-electron chi connectivity index (χ1n) is 7.30. The third-order valence-corrected chi connectivity index (χ3v) is 3.66. The Morgan fingerprint density at radius 3 is 2.70 bits per heavy atom. The highest BCUT2D eigenvalue weighted by Crippen LogP contribution is 2.28. The van der Waals surface area contributed by atoms with Crippen molar-refractivity contribution in [1.29, 1.82) is 0 Å². The maximum atomic E-state index is 6.21. The molecule has 0 atom stereocenters. The van der Waals surface area contributed by atoms with Crippen molar-refractivity contribution in [3.63, 3.8) is 0 Å². The third-order valence-electron chi connectivity index (χ3n) is 3.66. The van der Waals surface area contributed by atoms with Gasteiger partial charge in [0.05, 0.1) is 6.26 Å². The molecule has 0 unspecified atom stereocenters. The molecule has 0 aliphatic carbocycles. The lowest BCUT2D eigenvalue weighted by molar-refractivity contribution is 0.307. The molecule has 1 aromatic carbocycles. The van der Waals surface area contributed by atoms with Gasteiger partial charge in [0.1, 0.15) is 29.5 Å². The SMILES string of the molecule is Nc1c(-c2ccco2)nc2c(COc3ccccc3)cccn12. The molecule has 114 valence electrons. The number of nitrogen functional groups attached to an aromatic ring is 1. The molecule has 5 heteroatoms. The highest BCUT2D eigenvalue weighted by atomic mass is 16.5. The van der Waals surface area contributed by atoms with Crippen molar-refractivity contribution in [2.45, 2.75) is 6.61 Å². The van der Waals surface area contributed by atoms with E-state index in [0.29, 0.717) is 23.9 Å². The van der Waals surface area contributed by atoms with Gasteiger partial charge in [-0.25, -0.2) is 4.98 Å². The molecule has 23 heavy (non-hydrogen) atoms. The number of anilines is 1. The molecule has 3 aromatic heterocycles. The predicted molar refractivity (Wildman–Crippen MR) is 88.1 cm³/mol. The number of pyridine rings is 1. The minimum absolute atomic E-state index is 0.419. The molecule has 0 saturated carbocycles. The molecule has 0 fully saturated rings. The second kappa shape index (κ2) is 5.53. The number of nitrogens with zero attached hydrogens (tertiary/aromatic N) is 2. The monoisotopic (exact) mass is 305 g/mol. The van der Waals surface area contributed by atoms with E-state index in [9.17, 15) is 0 Å². The Kier molecular flexibility index (Phi) is 3.24. The molecular weight excluding hydrogens is 290 g/mol. The molecule has 0 aliphatic rings. The van der Waals surface area contributed by atoms with Gasteiger partial charge in [-0.2, -0.15) is 0 Å². The van der Waals surface area contributed by atoms with Gasteiger partial charge in [0, 0.05) is 11.8 Å². The van der Waals surface area contributed by atoms with Gasteiger partial charge < -0.3 is 14.9 Å². The topological polar surface area (TPSA) is 65.7 Å². The second-order valence-corrected chi connectivity index (χ2v) is 5.15. The number of fused-ring (bicyclic) bond motifs is 1. The zero-order valence-corrected chi connectivity index (χ0v) is 12.3. The summed E-state index contributed by atoms with van der Waals surface area (Å²) in [5.74, 6) is 2.03. The Labute approximate surface area is 132 Å². The van der Waals surface area contributed by atoms with Gasteiger partial charge in [-0.3, -0.25) is 4.40 Å². The van der Waals surface area contributed by atoms with Crippen molar-refractivity contribution in [1.82, 2.24) is 9.38 Å². The Morgan fingerprint density at radius 1 is 1.04 bits per heavy atom. The van der Waals surface area contributed by atoms with Crippen molar-refractivity contribution in [2.75, 3.05) is 5.73 Å². The number of aromatic nitrogens is 2. The average molecular weight is 305 g/mol. The largest absolute Gasteiger partial charge is 0.489 e. The fraction of sp³-hybridized carbons (Fsp3) is 0.0556. The summed E-state index contributed by atoms with van der Waals surface area (Å²) in [6.07, 6.45) is 3.49. The van der Waals surface area contributed by atoms with E-state index in [2.05, 4.69) is 4.98 Å². The Balaban J connectivity index is 1.72. The number of rotatable bonds is 4. The molecule has 2 N–H and O–H groups in total. The van der Waals surface area contributed by atoms with Crippen molar-refractivity contribution < 1.29 is 9.15 Å². The van der Waals surface area contributed by atoms with Crippen LogP contribution in [0.3, 0.4) is 0 Å². The summed E-state index contributed by atoms with van der Waals surface area (Å²) < 4.78 is 13.1. The van der Waals surface area contributed by atoms with Crippen molar-refractivity contribution in [3.05, 3.63) is 72.6 Å². The summed E-state index contributed by atoms with van der Waals surface area (Å²) in [5.41, 5.74) is 8.58. The van der Waals surface area contributed by atoms with Gasteiger partial charge in [-0.1, -0.05) is 24.3 Å². The van der Waals surface area contributed by atoms with Crippen LogP contribution >= 0.6 is 0 Å². The van der Waals surface area contributed by atoms with E-state index in [-0.39, 0.29) is 0 Å². The number of imidazole rings is 1. The highest BCUT2D eigenvalue weighted by Gasteiger charge is 2.15. The van der Waals surface area contributed by atoms with Crippen LogP contribution in [0.1, 0.15) is 5.56 Å². The van der Waals surface area contributed by atoms with Crippen LogP contribution in [0, 0.1) is 0 Å². The van der Waals surface area contributed by atoms with Crippen LogP contribution in [-0.4, -0.2) is 9.38 Å².